The van der Waals surface area contributed by atoms with Crippen LogP contribution in [0.1, 0.15) is 49.4 Å². The molecule has 29 heavy (non-hydrogen) atoms. The summed E-state index contributed by atoms with van der Waals surface area (Å²) in [6.45, 7) is 7.38. The fourth-order valence-corrected chi connectivity index (χ4v) is 3.90. The van der Waals surface area contributed by atoms with Gasteiger partial charge in [0.1, 0.15) is 0 Å². The molecule has 2 aromatic carbocycles. The molecule has 0 aliphatic carbocycles. The molecular weight excluding hydrogens is 356 g/mol. The molecule has 1 heterocycles. The van der Waals surface area contributed by atoms with Crippen molar-refractivity contribution in [3.63, 3.8) is 0 Å². The Bertz CT molecular complexity index is 762. The minimum absolute atomic E-state index is 0.199. The van der Waals surface area contributed by atoms with Crippen molar-refractivity contribution in [1.82, 2.24) is 4.90 Å². The van der Waals surface area contributed by atoms with Gasteiger partial charge < -0.3 is 4.90 Å². The van der Waals surface area contributed by atoms with E-state index in [1.165, 1.54) is 18.5 Å². The number of ketones is 1. The molecule has 3 rings (SSSR count). The number of nitrogens with zero attached hydrogens (tertiary/aromatic N) is 2. The third kappa shape index (κ3) is 6.57. The lowest BCUT2D eigenvalue weighted by molar-refractivity contribution is 0.102. The average molecular weight is 391 g/mol. The number of carbonyl (C=O) groups excluding carboxylic acids is 1. The maximum atomic E-state index is 13.0. The summed E-state index contributed by atoms with van der Waals surface area (Å²) in [6.07, 6.45) is 7.64. The molecule has 0 N–H and O–H groups in total. The summed E-state index contributed by atoms with van der Waals surface area (Å²) in [5, 5.41) is 0. The van der Waals surface area contributed by atoms with Crippen molar-refractivity contribution in [2.45, 2.75) is 39.0 Å². The van der Waals surface area contributed by atoms with E-state index < -0.39 is 0 Å². The SMILES string of the molecule is CCCCC/C=C(\CCN1CCN(c2ccccc2)CC1)C(=O)c1ccccc1. The van der Waals surface area contributed by atoms with Crippen molar-refractivity contribution >= 4 is 11.5 Å². The van der Waals surface area contributed by atoms with Crippen LogP contribution in [0.3, 0.4) is 0 Å². The first-order valence-electron chi connectivity index (χ1n) is 11.1. The second kappa shape index (κ2) is 11.6. The minimum Gasteiger partial charge on any atom is -0.369 e. The molecule has 0 bridgehead atoms. The molecule has 0 unspecified atom stereocenters. The lowest BCUT2D eigenvalue weighted by atomic mass is 9.98. The summed E-state index contributed by atoms with van der Waals surface area (Å²) in [5.74, 6) is 0.199. The highest BCUT2D eigenvalue weighted by Crippen LogP contribution is 2.18. The van der Waals surface area contributed by atoms with E-state index in [9.17, 15) is 4.79 Å². The molecule has 3 heteroatoms. The lowest BCUT2D eigenvalue weighted by Crippen LogP contribution is -2.46. The predicted octanol–water partition coefficient (Wildman–Crippen LogP) is 5.59. The highest BCUT2D eigenvalue weighted by atomic mass is 16.1. The van der Waals surface area contributed by atoms with Gasteiger partial charge in [-0.15, -0.1) is 0 Å². The Morgan fingerprint density at radius 3 is 2.21 bits per heavy atom. The number of rotatable bonds is 10. The number of anilines is 1. The van der Waals surface area contributed by atoms with Crippen molar-refractivity contribution in [2.75, 3.05) is 37.6 Å². The molecule has 0 atom stereocenters. The van der Waals surface area contributed by atoms with E-state index in [4.69, 9.17) is 0 Å². The maximum absolute atomic E-state index is 13.0. The average Bonchev–Trinajstić information content (AvgIpc) is 2.80. The van der Waals surface area contributed by atoms with Crippen LogP contribution >= 0.6 is 0 Å². The van der Waals surface area contributed by atoms with Crippen LogP contribution in [0.2, 0.25) is 0 Å². The monoisotopic (exact) mass is 390 g/mol. The van der Waals surface area contributed by atoms with Crippen LogP contribution in [0.4, 0.5) is 5.69 Å². The summed E-state index contributed by atoms with van der Waals surface area (Å²) in [7, 11) is 0. The number of Topliss-reactive ketones (excluding diaryl/α,β-unsaturated/α-hetero) is 1. The first-order valence-corrected chi connectivity index (χ1v) is 11.1. The third-order valence-electron chi connectivity index (χ3n) is 5.72. The minimum atomic E-state index is 0.199. The van der Waals surface area contributed by atoms with Gasteiger partial charge in [0.2, 0.25) is 0 Å². The Balaban J connectivity index is 1.55. The van der Waals surface area contributed by atoms with Crippen LogP contribution in [0.25, 0.3) is 0 Å². The molecule has 1 aliphatic heterocycles. The van der Waals surface area contributed by atoms with Crippen molar-refractivity contribution in [3.05, 3.63) is 77.9 Å². The van der Waals surface area contributed by atoms with Crippen LogP contribution in [0, 0.1) is 0 Å². The van der Waals surface area contributed by atoms with E-state index in [1.807, 2.05) is 30.3 Å². The number of unbranched alkanes of at least 4 members (excludes halogenated alkanes) is 3. The number of piperazine rings is 1. The molecule has 3 nitrogen and oxygen atoms in total. The summed E-state index contributed by atoms with van der Waals surface area (Å²) >= 11 is 0. The van der Waals surface area contributed by atoms with Gasteiger partial charge >= 0.3 is 0 Å². The number of hydrogen-bond donors (Lipinski definition) is 0. The van der Waals surface area contributed by atoms with Crippen LogP contribution in [0.15, 0.2) is 72.3 Å². The van der Waals surface area contributed by atoms with Gasteiger partial charge in [-0.1, -0.05) is 74.4 Å². The Labute approximate surface area is 176 Å². The molecule has 0 radical (unpaired) electrons. The molecule has 1 saturated heterocycles. The van der Waals surface area contributed by atoms with Crippen molar-refractivity contribution in [3.8, 4) is 0 Å². The third-order valence-corrected chi connectivity index (χ3v) is 5.72. The van der Waals surface area contributed by atoms with E-state index in [1.54, 1.807) is 0 Å². The first kappa shape index (κ1) is 21.3. The number of allylic oxidation sites excluding steroid dienone is 1. The van der Waals surface area contributed by atoms with Crippen LogP contribution < -0.4 is 4.90 Å². The highest BCUT2D eigenvalue weighted by molar-refractivity contribution is 6.08. The van der Waals surface area contributed by atoms with Crippen molar-refractivity contribution in [2.24, 2.45) is 0 Å². The molecule has 1 fully saturated rings. The van der Waals surface area contributed by atoms with Gasteiger partial charge in [-0.05, 0) is 37.0 Å². The zero-order chi connectivity index (χ0) is 20.3. The zero-order valence-corrected chi connectivity index (χ0v) is 17.7. The normalized spacial score (nSPS) is 15.5. The number of carbonyl (C=O) groups is 1. The number of hydrogen-bond acceptors (Lipinski definition) is 3. The Morgan fingerprint density at radius 2 is 1.55 bits per heavy atom. The second-order valence-corrected chi connectivity index (χ2v) is 7.83. The zero-order valence-electron chi connectivity index (χ0n) is 17.7. The number of benzene rings is 2. The van der Waals surface area contributed by atoms with E-state index in [-0.39, 0.29) is 5.78 Å². The molecule has 154 valence electrons. The number of para-hydroxylation sites is 1. The molecule has 2 aromatic rings. The molecule has 0 aromatic heterocycles. The van der Waals surface area contributed by atoms with Gasteiger partial charge in [-0.25, -0.2) is 0 Å². The van der Waals surface area contributed by atoms with Gasteiger partial charge in [0.25, 0.3) is 0 Å². The summed E-state index contributed by atoms with van der Waals surface area (Å²) in [4.78, 5) is 18.0. The molecule has 0 amide bonds. The summed E-state index contributed by atoms with van der Waals surface area (Å²) < 4.78 is 0. The van der Waals surface area contributed by atoms with Crippen LogP contribution in [-0.2, 0) is 0 Å². The topological polar surface area (TPSA) is 23.6 Å². The standard InChI is InChI=1S/C26H34N2O/c1-2-3-4-7-14-24(26(29)23-12-8-5-9-13-23)17-18-27-19-21-28(22-20-27)25-15-10-6-11-16-25/h5-6,8-16H,2-4,7,17-22H2,1H3/b24-14+. The fraction of sp³-hybridized carbons (Fsp3) is 0.423. The maximum Gasteiger partial charge on any atom is 0.188 e. The van der Waals surface area contributed by atoms with Crippen molar-refractivity contribution in [1.29, 1.82) is 0 Å². The Hall–Kier alpha value is -2.39. The Morgan fingerprint density at radius 1 is 0.897 bits per heavy atom. The Kier molecular flexibility index (Phi) is 8.51. The van der Waals surface area contributed by atoms with E-state index in [2.05, 4.69) is 53.1 Å². The van der Waals surface area contributed by atoms with Gasteiger partial charge in [0.15, 0.2) is 5.78 Å². The molecular formula is C26H34N2O. The molecule has 0 spiro atoms. The van der Waals surface area contributed by atoms with E-state index >= 15 is 0 Å². The van der Waals surface area contributed by atoms with Crippen LogP contribution in [-0.4, -0.2) is 43.4 Å². The van der Waals surface area contributed by atoms with Gasteiger partial charge in [0.05, 0.1) is 0 Å². The lowest BCUT2D eigenvalue weighted by Gasteiger charge is -2.36. The van der Waals surface area contributed by atoms with E-state index in [0.29, 0.717) is 0 Å². The van der Waals surface area contributed by atoms with Gasteiger partial charge in [0, 0.05) is 44.0 Å². The highest BCUT2D eigenvalue weighted by Gasteiger charge is 2.19. The largest absolute Gasteiger partial charge is 0.369 e. The van der Waals surface area contributed by atoms with Gasteiger partial charge in [-0.3, -0.25) is 9.69 Å². The first-order chi connectivity index (χ1) is 14.3. The quantitative estimate of drug-likeness (QED) is 0.300. The van der Waals surface area contributed by atoms with Gasteiger partial charge in [-0.2, -0.15) is 0 Å². The summed E-state index contributed by atoms with van der Waals surface area (Å²) in [5.41, 5.74) is 3.10. The molecule has 1 aliphatic rings. The van der Waals surface area contributed by atoms with Crippen molar-refractivity contribution < 1.29 is 4.79 Å². The second-order valence-electron chi connectivity index (χ2n) is 7.83. The smallest absolute Gasteiger partial charge is 0.188 e. The summed E-state index contributed by atoms with van der Waals surface area (Å²) in [6, 6.07) is 20.4. The molecule has 0 saturated carbocycles. The predicted molar refractivity (Wildman–Crippen MR) is 123 cm³/mol. The fourth-order valence-electron chi connectivity index (χ4n) is 3.90. The van der Waals surface area contributed by atoms with Crippen LogP contribution in [0.5, 0.6) is 0 Å². The van der Waals surface area contributed by atoms with E-state index in [0.717, 1.165) is 63.1 Å².